The summed E-state index contributed by atoms with van der Waals surface area (Å²) in [5.74, 6) is 1.11. The van der Waals surface area contributed by atoms with Crippen molar-refractivity contribution in [3.63, 3.8) is 0 Å². The summed E-state index contributed by atoms with van der Waals surface area (Å²) >= 11 is 1.89. The molecule has 0 fully saturated rings. The Morgan fingerprint density at radius 2 is 1.89 bits per heavy atom. The summed E-state index contributed by atoms with van der Waals surface area (Å²) in [6.45, 7) is 0. The molecule has 0 amide bonds. The minimum Gasteiger partial charge on any atom is -0.312 e. The number of fused-ring (bicyclic) bond motifs is 3. The first-order chi connectivity index (χ1) is 9.33. The van der Waals surface area contributed by atoms with Crippen molar-refractivity contribution in [1.29, 1.82) is 0 Å². The second-order valence-corrected chi connectivity index (χ2v) is 5.96. The Hall–Kier alpha value is -1.25. The van der Waals surface area contributed by atoms with Crippen molar-refractivity contribution in [2.75, 3.05) is 19.1 Å². The van der Waals surface area contributed by atoms with Crippen LogP contribution in [0.4, 0.5) is 0 Å². The largest absolute Gasteiger partial charge is 0.312 e. The lowest BCUT2D eigenvalue weighted by molar-refractivity contribution is 0.662. The Labute approximate surface area is 119 Å². The van der Waals surface area contributed by atoms with E-state index in [1.54, 1.807) is 0 Å². The number of hydrogen-bond acceptors (Lipinski definition) is 2. The predicted octanol–water partition coefficient (Wildman–Crippen LogP) is 3.88. The summed E-state index contributed by atoms with van der Waals surface area (Å²) < 4.78 is 0. The monoisotopic (exact) mass is 269 g/mol. The van der Waals surface area contributed by atoms with Gasteiger partial charge in [0, 0.05) is 11.8 Å². The highest BCUT2D eigenvalue weighted by Crippen LogP contribution is 2.37. The van der Waals surface area contributed by atoms with E-state index in [1.807, 2.05) is 18.8 Å². The molecule has 1 unspecified atom stereocenters. The molecule has 2 heteroatoms. The topological polar surface area (TPSA) is 12.0 Å². The lowest BCUT2D eigenvalue weighted by Crippen LogP contribution is -2.18. The van der Waals surface area contributed by atoms with E-state index in [2.05, 4.69) is 54.0 Å². The fraction of sp³-hybridized carbons (Fsp3) is 0.294. The molecular weight excluding hydrogens is 250 g/mol. The Morgan fingerprint density at radius 3 is 2.68 bits per heavy atom. The molecule has 98 valence electrons. The summed E-state index contributed by atoms with van der Waals surface area (Å²) in [6, 6.07) is 16.1. The van der Waals surface area contributed by atoms with E-state index in [1.165, 1.54) is 27.8 Å². The first kappa shape index (κ1) is 12.8. The molecule has 0 saturated heterocycles. The zero-order chi connectivity index (χ0) is 13.2. The van der Waals surface area contributed by atoms with Crippen LogP contribution in [0.3, 0.4) is 0 Å². The van der Waals surface area contributed by atoms with Crippen LogP contribution < -0.4 is 5.32 Å². The molecule has 3 rings (SSSR count). The molecule has 0 bridgehead atoms. The van der Waals surface area contributed by atoms with Gasteiger partial charge >= 0.3 is 0 Å². The van der Waals surface area contributed by atoms with E-state index in [0.717, 1.165) is 12.2 Å². The number of thioether (sulfide) groups is 1. The van der Waals surface area contributed by atoms with Gasteiger partial charge in [0.05, 0.1) is 0 Å². The van der Waals surface area contributed by atoms with Gasteiger partial charge in [0.25, 0.3) is 0 Å². The molecule has 0 saturated carbocycles. The van der Waals surface area contributed by atoms with Gasteiger partial charge in [-0.15, -0.1) is 0 Å². The minimum absolute atomic E-state index is 0.448. The molecule has 0 aliphatic heterocycles. The van der Waals surface area contributed by atoms with Crippen LogP contribution >= 0.6 is 11.8 Å². The van der Waals surface area contributed by atoms with E-state index in [0.29, 0.717) is 6.04 Å². The zero-order valence-electron chi connectivity index (χ0n) is 11.4. The van der Waals surface area contributed by atoms with Crippen molar-refractivity contribution in [3.05, 3.63) is 59.2 Å². The third-order valence-corrected chi connectivity index (χ3v) is 4.57. The molecule has 0 radical (unpaired) electrons. The summed E-state index contributed by atoms with van der Waals surface area (Å²) in [7, 11) is 2.04. The van der Waals surface area contributed by atoms with Gasteiger partial charge in [-0.05, 0) is 47.5 Å². The lowest BCUT2D eigenvalue weighted by Gasteiger charge is -2.16. The normalized spacial score (nSPS) is 14.0. The Balaban J connectivity index is 1.97. The van der Waals surface area contributed by atoms with Crippen molar-refractivity contribution >= 4 is 11.8 Å². The van der Waals surface area contributed by atoms with E-state index in [9.17, 15) is 0 Å². The van der Waals surface area contributed by atoms with Crippen LogP contribution in [0.1, 0.15) is 22.7 Å². The number of hydrogen-bond donors (Lipinski definition) is 1. The van der Waals surface area contributed by atoms with Crippen LogP contribution in [-0.4, -0.2) is 19.1 Å². The molecule has 1 aliphatic carbocycles. The highest BCUT2D eigenvalue weighted by Gasteiger charge is 2.19. The lowest BCUT2D eigenvalue weighted by atomic mass is 10.0. The SMILES string of the molecule is CNC(CSC)c1ccc2c(c1)Cc1ccccc1-2. The molecule has 0 heterocycles. The quantitative estimate of drug-likeness (QED) is 0.771. The van der Waals surface area contributed by atoms with Crippen molar-refractivity contribution in [2.45, 2.75) is 12.5 Å². The number of nitrogens with one attached hydrogen (secondary N) is 1. The standard InChI is InChI=1S/C17H19NS/c1-18-17(11-19-2)13-7-8-16-14(10-13)9-12-5-3-4-6-15(12)16/h3-8,10,17-18H,9,11H2,1-2H3. The van der Waals surface area contributed by atoms with Crippen LogP contribution in [-0.2, 0) is 6.42 Å². The average Bonchev–Trinajstić information content (AvgIpc) is 2.82. The average molecular weight is 269 g/mol. The van der Waals surface area contributed by atoms with E-state index >= 15 is 0 Å². The minimum atomic E-state index is 0.448. The molecule has 0 spiro atoms. The Morgan fingerprint density at radius 1 is 1.11 bits per heavy atom. The van der Waals surface area contributed by atoms with Gasteiger partial charge in [0.1, 0.15) is 0 Å². The second-order valence-electron chi connectivity index (χ2n) is 5.05. The van der Waals surface area contributed by atoms with Gasteiger partial charge in [0.2, 0.25) is 0 Å². The van der Waals surface area contributed by atoms with Gasteiger partial charge in [-0.3, -0.25) is 0 Å². The van der Waals surface area contributed by atoms with E-state index in [-0.39, 0.29) is 0 Å². The third kappa shape index (κ3) is 2.31. The van der Waals surface area contributed by atoms with Crippen LogP contribution in [0.15, 0.2) is 42.5 Å². The van der Waals surface area contributed by atoms with Crippen molar-refractivity contribution in [2.24, 2.45) is 0 Å². The molecular formula is C17H19NS. The van der Waals surface area contributed by atoms with Gasteiger partial charge < -0.3 is 5.32 Å². The van der Waals surface area contributed by atoms with Gasteiger partial charge in [-0.25, -0.2) is 0 Å². The Kier molecular flexibility index (Phi) is 3.63. The molecule has 1 nitrogen and oxygen atoms in total. The molecule has 1 N–H and O–H groups in total. The van der Waals surface area contributed by atoms with Gasteiger partial charge in [0.15, 0.2) is 0 Å². The first-order valence-corrected chi connectivity index (χ1v) is 8.10. The molecule has 1 aliphatic rings. The summed E-state index contributed by atoms with van der Waals surface area (Å²) in [6.07, 6.45) is 3.24. The van der Waals surface area contributed by atoms with Gasteiger partial charge in [-0.2, -0.15) is 11.8 Å². The van der Waals surface area contributed by atoms with Crippen molar-refractivity contribution in [3.8, 4) is 11.1 Å². The third-order valence-electron chi connectivity index (χ3n) is 3.90. The van der Waals surface area contributed by atoms with Gasteiger partial charge in [-0.1, -0.05) is 42.5 Å². The van der Waals surface area contributed by atoms with Crippen LogP contribution in [0, 0.1) is 0 Å². The maximum Gasteiger partial charge on any atom is 0.0409 e. The maximum absolute atomic E-state index is 3.41. The highest BCUT2D eigenvalue weighted by molar-refractivity contribution is 7.98. The van der Waals surface area contributed by atoms with E-state index in [4.69, 9.17) is 0 Å². The van der Waals surface area contributed by atoms with Crippen LogP contribution in [0.2, 0.25) is 0 Å². The summed E-state index contributed by atoms with van der Waals surface area (Å²) in [5, 5.41) is 3.41. The predicted molar refractivity (Wildman–Crippen MR) is 84.9 cm³/mol. The highest BCUT2D eigenvalue weighted by atomic mass is 32.2. The van der Waals surface area contributed by atoms with Crippen LogP contribution in [0.5, 0.6) is 0 Å². The van der Waals surface area contributed by atoms with E-state index < -0.39 is 0 Å². The Bertz CT molecular complexity index is 592. The first-order valence-electron chi connectivity index (χ1n) is 6.71. The molecule has 19 heavy (non-hydrogen) atoms. The van der Waals surface area contributed by atoms with Crippen molar-refractivity contribution in [1.82, 2.24) is 5.32 Å². The van der Waals surface area contributed by atoms with Crippen molar-refractivity contribution < 1.29 is 0 Å². The molecule has 2 aromatic carbocycles. The smallest absolute Gasteiger partial charge is 0.0409 e. The summed E-state index contributed by atoms with van der Waals surface area (Å²) in [4.78, 5) is 0. The summed E-state index contributed by atoms with van der Waals surface area (Å²) in [5.41, 5.74) is 7.16. The van der Waals surface area contributed by atoms with Crippen LogP contribution in [0.25, 0.3) is 11.1 Å². The number of rotatable bonds is 4. The molecule has 1 atom stereocenters. The molecule has 0 aromatic heterocycles. The zero-order valence-corrected chi connectivity index (χ0v) is 12.3. The fourth-order valence-corrected chi connectivity index (χ4v) is 3.59. The fourth-order valence-electron chi connectivity index (χ4n) is 2.89. The maximum atomic E-state index is 3.41. The molecule has 2 aromatic rings. The second kappa shape index (κ2) is 5.40. The number of benzene rings is 2.